The van der Waals surface area contributed by atoms with Gasteiger partial charge in [0.1, 0.15) is 18.5 Å². The lowest BCUT2D eigenvalue weighted by Crippen LogP contribution is -2.48. The van der Waals surface area contributed by atoms with Crippen LogP contribution in [0.5, 0.6) is 11.5 Å². The lowest BCUT2D eigenvalue weighted by molar-refractivity contribution is -0.123. The minimum Gasteiger partial charge on any atom is -0.493 e. The topological polar surface area (TPSA) is 89.0 Å². The first kappa shape index (κ1) is 26.9. The van der Waals surface area contributed by atoms with Crippen molar-refractivity contribution in [2.45, 2.75) is 26.5 Å². The monoisotopic (exact) mass is 555 g/mol. The van der Waals surface area contributed by atoms with Gasteiger partial charge in [0.25, 0.3) is 11.8 Å². The molecule has 0 aliphatic carbocycles. The van der Waals surface area contributed by atoms with E-state index in [1.165, 1.54) is 37.6 Å². The van der Waals surface area contributed by atoms with Crippen molar-refractivity contribution in [1.29, 1.82) is 0 Å². The Morgan fingerprint density at radius 1 is 1.08 bits per heavy atom. The molecular formula is C27H27BrFN3O4. The summed E-state index contributed by atoms with van der Waals surface area (Å²) in [5, 5.41) is 6.71. The molecule has 0 spiro atoms. The van der Waals surface area contributed by atoms with Gasteiger partial charge in [-0.1, -0.05) is 44.2 Å². The standard InChI is InChI=1S/C27H27BrFN3O4/c1-17(2)24(31-26(33)20-9-11-21(29)12-10-20)27(34)32-30-15-19-13-22(28)25(23(14-19)35-3)36-16-18-7-5-4-6-8-18/h4-15,17,24H,16H2,1-3H3,(H,31,33)(H,32,34). The number of hydrogen-bond donors (Lipinski definition) is 2. The fraction of sp³-hybridized carbons (Fsp3) is 0.222. The zero-order valence-electron chi connectivity index (χ0n) is 20.1. The summed E-state index contributed by atoms with van der Waals surface area (Å²) in [6, 6.07) is 17.5. The molecule has 0 aliphatic heterocycles. The summed E-state index contributed by atoms with van der Waals surface area (Å²) in [6.07, 6.45) is 1.46. The zero-order valence-corrected chi connectivity index (χ0v) is 21.7. The molecule has 0 aliphatic rings. The van der Waals surface area contributed by atoms with E-state index in [2.05, 4.69) is 31.8 Å². The molecule has 0 fully saturated rings. The molecular weight excluding hydrogens is 529 g/mol. The second-order valence-corrected chi connectivity index (χ2v) is 9.10. The van der Waals surface area contributed by atoms with Gasteiger partial charge in [0.2, 0.25) is 0 Å². The number of halogens is 2. The minimum absolute atomic E-state index is 0.208. The van der Waals surface area contributed by atoms with Gasteiger partial charge in [0.05, 0.1) is 17.8 Å². The maximum absolute atomic E-state index is 13.1. The first-order valence-corrected chi connectivity index (χ1v) is 12.0. The van der Waals surface area contributed by atoms with Crippen LogP contribution in [0.4, 0.5) is 4.39 Å². The molecule has 188 valence electrons. The largest absolute Gasteiger partial charge is 0.493 e. The van der Waals surface area contributed by atoms with Crippen LogP contribution < -0.4 is 20.2 Å². The number of rotatable bonds is 10. The van der Waals surface area contributed by atoms with E-state index in [1.54, 1.807) is 26.0 Å². The first-order valence-electron chi connectivity index (χ1n) is 11.2. The van der Waals surface area contributed by atoms with Gasteiger partial charge in [-0.15, -0.1) is 0 Å². The van der Waals surface area contributed by atoms with E-state index < -0.39 is 23.7 Å². The quantitative estimate of drug-likeness (QED) is 0.269. The average Bonchev–Trinajstić information content (AvgIpc) is 2.87. The van der Waals surface area contributed by atoms with Crippen LogP contribution in [0.25, 0.3) is 0 Å². The van der Waals surface area contributed by atoms with Crippen molar-refractivity contribution in [3.8, 4) is 11.5 Å². The molecule has 0 heterocycles. The number of carbonyl (C=O) groups excluding carboxylic acids is 2. The van der Waals surface area contributed by atoms with Crippen LogP contribution in [0.3, 0.4) is 0 Å². The predicted octanol–water partition coefficient (Wildman–Crippen LogP) is 5.08. The highest BCUT2D eigenvalue weighted by Gasteiger charge is 2.24. The summed E-state index contributed by atoms with van der Waals surface area (Å²) in [5.74, 6) is -0.568. The van der Waals surface area contributed by atoms with Gasteiger partial charge in [0.15, 0.2) is 11.5 Å². The molecule has 2 amide bonds. The maximum atomic E-state index is 13.1. The third-order valence-electron chi connectivity index (χ3n) is 5.21. The normalized spacial score (nSPS) is 11.8. The van der Waals surface area contributed by atoms with Gasteiger partial charge >= 0.3 is 0 Å². The number of nitrogens with one attached hydrogen (secondary N) is 2. The van der Waals surface area contributed by atoms with E-state index in [-0.39, 0.29) is 11.5 Å². The number of carbonyl (C=O) groups is 2. The van der Waals surface area contributed by atoms with Gasteiger partial charge in [0, 0.05) is 5.56 Å². The second-order valence-electron chi connectivity index (χ2n) is 8.24. The van der Waals surface area contributed by atoms with Crippen LogP contribution in [-0.4, -0.2) is 31.2 Å². The summed E-state index contributed by atoms with van der Waals surface area (Å²) in [6.45, 7) is 3.98. The zero-order chi connectivity index (χ0) is 26.1. The van der Waals surface area contributed by atoms with Crippen LogP contribution in [0.1, 0.15) is 35.3 Å². The molecule has 7 nitrogen and oxygen atoms in total. The van der Waals surface area contributed by atoms with Crippen molar-refractivity contribution < 1.29 is 23.5 Å². The fourth-order valence-electron chi connectivity index (χ4n) is 3.28. The van der Waals surface area contributed by atoms with Gasteiger partial charge in [-0.2, -0.15) is 5.10 Å². The van der Waals surface area contributed by atoms with Crippen molar-refractivity contribution in [1.82, 2.24) is 10.7 Å². The van der Waals surface area contributed by atoms with Gasteiger partial charge < -0.3 is 14.8 Å². The Morgan fingerprint density at radius 2 is 1.78 bits per heavy atom. The number of benzene rings is 3. The van der Waals surface area contributed by atoms with Crippen LogP contribution >= 0.6 is 15.9 Å². The molecule has 1 unspecified atom stereocenters. The highest BCUT2D eigenvalue weighted by atomic mass is 79.9. The van der Waals surface area contributed by atoms with Crippen molar-refractivity contribution in [2.75, 3.05) is 7.11 Å². The van der Waals surface area contributed by atoms with Gasteiger partial charge in [-0.3, -0.25) is 9.59 Å². The Morgan fingerprint density at radius 3 is 2.42 bits per heavy atom. The number of nitrogens with zero attached hydrogens (tertiary/aromatic N) is 1. The number of methoxy groups -OCH3 is 1. The van der Waals surface area contributed by atoms with E-state index in [9.17, 15) is 14.0 Å². The summed E-state index contributed by atoms with van der Waals surface area (Å²) < 4.78 is 25.2. The van der Waals surface area contributed by atoms with Crippen LogP contribution in [0.2, 0.25) is 0 Å². The molecule has 3 rings (SSSR count). The van der Waals surface area contributed by atoms with Gasteiger partial charge in [-0.05, 0) is 69.4 Å². The molecule has 0 saturated carbocycles. The second kappa shape index (κ2) is 12.8. The lowest BCUT2D eigenvalue weighted by Gasteiger charge is -2.20. The third-order valence-corrected chi connectivity index (χ3v) is 5.80. The summed E-state index contributed by atoms with van der Waals surface area (Å²) in [5.41, 5.74) is 4.39. The number of hydrogen-bond acceptors (Lipinski definition) is 5. The highest BCUT2D eigenvalue weighted by Crippen LogP contribution is 2.36. The smallest absolute Gasteiger partial charge is 0.262 e. The van der Waals surface area contributed by atoms with E-state index in [1.807, 2.05) is 30.3 Å². The Kier molecular flexibility index (Phi) is 9.58. The van der Waals surface area contributed by atoms with Gasteiger partial charge in [-0.25, -0.2) is 9.82 Å². The van der Waals surface area contributed by atoms with Crippen LogP contribution in [-0.2, 0) is 11.4 Å². The molecule has 0 saturated heterocycles. The molecule has 9 heteroatoms. The van der Waals surface area contributed by atoms with Crippen LogP contribution in [0, 0.1) is 11.7 Å². The maximum Gasteiger partial charge on any atom is 0.262 e. The van der Waals surface area contributed by atoms with Crippen molar-refractivity contribution in [3.05, 3.63) is 93.7 Å². The Labute approximate surface area is 217 Å². The third kappa shape index (κ3) is 7.39. The Bertz CT molecular complexity index is 1220. The molecule has 0 aromatic heterocycles. The Hall–Kier alpha value is -3.72. The average molecular weight is 556 g/mol. The van der Waals surface area contributed by atoms with E-state index >= 15 is 0 Å². The molecule has 0 radical (unpaired) electrons. The predicted molar refractivity (Wildman–Crippen MR) is 140 cm³/mol. The lowest BCUT2D eigenvalue weighted by atomic mass is 10.0. The molecule has 2 N–H and O–H groups in total. The number of ether oxygens (including phenoxy) is 2. The van der Waals surface area contributed by atoms with Crippen LogP contribution in [0.15, 0.2) is 76.3 Å². The van der Waals surface area contributed by atoms with E-state index in [4.69, 9.17) is 9.47 Å². The molecule has 36 heavy (non-hydrogen) atoms. The molecule has 3 aromatic rings. The van der Waals surface area contributed by atoms with Crippen molar-refractivity contribution in [3.63, 3.8) is 0 Å². The Balaban J connectivity index is 1.65. The summed E-state index contributed by atoms with van der Waals surface area (Å²) >= 11 is 3.50. The number of amides is 2. The fourth-order valence-corrected chi connectivity index (χ4v) is 3.86. The van der Waals surface area contributed by atoms with E-state index in [0.717, 1.165) is 5.56 Å². The SMILES string of the molecule is COc1cc(C=NNC(=O)C(NC(=O)c2ccc(F)cc2)C(C)C)cc(Br)c1OCc1ccccc1. The number of hydrazone groups is 1. The molecule has 0 bridgehead atoms. The summed E-state index contributed by atoms with van der Waals surface area (Å²) in [7, 11) is 1.54. The highest BCUT2D eigenvalue weighted by molar-refractivity contribution is 9.10. The minimum atomic E-state index is -0.838. The molecule has 1 atom stereocenters. The summed E-state index contributed by atoms with van der Waals surface area (Å²) in [4.78, 5) is 25.2. The van der Waals surface area contributed by atoms with E-state index in [0.29, 0.717) is 28.1 Å². The van der Waals surface area contributed by atoms with Crippen molar-refractivity contribution in [2.24, 2.45) is 11.0 Å². The molecule has 3 aromatic carbocycles. The van der Waals surface area contributed by atoms with Crippen molar-refractivity contribution >= 4 is 34.0 Å². The first-order chi connectivity index (χ1) is 17.3.